The van der Waals surface area contributed by atoms with Crippen molar-refractivity contribution in [1.82, 2.24) is 15.1 Å². The van der Waals surface area contributed by atoms with Crippen molar-refractivity contribution < 1.29 is 14.3 Å². The summed E-state index contributed by atoms with van der Waals surface area (Å²) in [4.78, 5) is 23.9. The molecule has 0 bridgehead atoms. The molecule has 1 amide bonds. The molecule has 0 radical (unpaired) electrons. The molecular weight excluding hydrogens is 330 g/mol. The summed E-state index contributed by atoms with van der Waals surface area (Å²) in [5.74, 6) is -0.689. The van der Waals surface area contributed by atoms with E-state index in [1.807, 2.05) is 44.2 Å². The Labute approximate surface area is 145 Å². The van der Waals surface area contributed by atoms with Gasteiger partial charge in [-0.25, -0.2) is 9.48 Å². The molecule has 2 rings (SSSR count). The number of carbonyl (C=O) groups excluding carboxylic acids is 2. The number of aryl methyl sites for hydroxylation is 1. The lowest BCUT2D eigenvalue weighted by Crippen LogP contribution is -2.31. The Morgan fingerprint density at radius 2 is 1.96 bits per heavy atom. The van der Waals surface area contributed by atoms with E-state index in [1.165, 1.54) is 4.68 Å². The number of para-hydroxylation sites is 1. The normalized spacial score (nSPS) is 10.7. The van der Waals surface area contributed by atoms with Gasteiger partial charge in [0.1, 0.15) is 10.7 Å². The number of rotatable bonds is 6. The SMILES string of the molecule is Cc1nn(-c2ccccc2)c(Cl)c1C(=O)OCC(=O)NCC(C)C. The number of aromatic nitrogens is 2. The molecular formula is C17H20ClN3O3. The van der Waals surface area contributed by atoms with Crippen molar-refractivity contribution in [2.24, 2.45) is 5.92 Å². The summed E-state index contributed by atoms with van der Waals surface area (Å²) in [6.07, 6.45) is 0. The molecule has 7 heteroatoms. The van der Waals surface area contributed by atoms with Crippen LogP contribution in [-0.4, -0.2) is 34.8 Å². The van der Waals surface area contributed by atoms with Gasteiger partial charge in [0, 0.05) is 6.54 Å². The average molecular weight is 350 g/mol. The first-order valence-corrected chi connectivity index (χ1v) is 8.02. The number of nitrogens with one attached hydrogen (secondary N) is 1. The Hall–Kier alpha value is -2.34. The number of amides is 1. The maximum absolute atomic E-state index is 12.2. The molecule has 1 aromatic heterocycles. The minimum atomic E-state index is -0.667. The Kier molecular flexibility index (Phi) is 5.98. The Morgan fingerprint density at radius 3 is 2.58 bits per heavy atom. The van der Waals surface area contributed by atoms with E-state index in [2.05, 4.69) is 10.4 Å². The molecule has 0 saturated carbocycles. The smallest absolute Gasteiger partial charge is 0.343 e. The van der Waals surface area contributed by atoms with Crippen molar-refractivity contribution in [2.45, 2.75) is 20.8 Å². The second kappa shape index (κ2) is 7.97. The molecule has 6 nitrogen and oxygen atoms in total. The van der Waals surface area contributed by atoms with Crippen molar-refractivity contribution in [3.8, 4) is 5.69 Å². The molecule has 0 aliphatic heterocycles. The van der Waals surface area contributed by atoms with Crippen LogP contribution in [0.3, 0.4) is 0 Å². The van der Waals surface area contributed by atoms with Gasteiger partial charge in [-0.1, -0.05) is 43.6 Å². The van der Waals surface area contributed by atoms with Crippen LogP contribution in [0.2, 0.25) is 5.15 Å². The minimum Gasteiger partial charge on any atom is -0.452 e. The monoisotopic (exact) mass is 349 g/mol. The maximum atomic E-state index is 12.2. The van der Waals surface area contributed by atoms with Gasteiger partial charge in [-0.15, -0.1) is 0 Å². The topological polar surface area (TPSA) is 73.2 Å². The zero-order valence-corrected chi connectivity index (χ0v) is 14.6. The summed E-state index contributed by atoms with van der Waals surface area (Å²) in [6, 6.07) is 9.22. The number of benzene rings is 1. The summed E-state index contributed by atoms with van der Waals surface area (Å²) in [7, 11) is 0. The zero-order chi connectivity index (χ0) is 17.7. The standard InChI is InChI=1S/C17H20ClN3O3/c1-11(2)9-19-14(22)10-24-17(23)15-12(3)20-21(16(15)18)13-7-5-4-6-8-13/h4-8,11H,9-10H2,1-3H3,(H,19,22). The molecule has 0 saturated heterocycles. The van der Waals surface area contributed by atoms with Gasteiger partial charge in [0.05, 0.1) is 11.4 Å². The summed E-state index contributed by atoms with van der Waals surface area (Å²) in [5.41, 5.74) is 1.34. The fourth-order valence-corrected chi connectivity index (χ4v) is 2.39. The molecule has 1 N–H and O–H groups in total. The number of hydrogen-bond donors (Lipinski definition) is 1. The van der Waals surface area contributed by atoms with E-state index in [-0.39, 0.29) is 23.2 Å². The first-order valence-electron chi connectivity index (χ1n) is 7.64. The third kappa shape index (κ3) is 4.35. The summed E-state index contributed by atoms with van der Waals surface area (Å²) < 4.78 is 6.51. The van der Waals surface area contributed by atoms with E-state index >= 15 is 0 Å². The van der Waals surface area contributed by atoms with Crippen LogP contribution in [0, 0.1) is 12.8 Å². The number of esters is 1. The minimum absolute atomic E-state index is 0.159. The van der Waals surface area contributed by atoms with Gasteiger partial charge in [-0.2, -0.15) is 5.10 Å². The van der Waals surface area contributed by atoms with E-state index in [0.29, 0.717) is 18.2 Å². The summed E-state index contributed by atoms with van der Waals surface area (Å²) in [6.45, 7) is 5.81. The van der Waals surface area contributed by atoms with Gasteiger partial charge >= 0.3 is 5.97 Å². The van der Waals surface area contributed by atoms with Gasteiger partial charge in [-0.3, -0.25) is 4.79 Å². The predicted octanol–water partition coefficient (Wildman–Crippen LogP) is 2.76. The van der Waals surface area contributed by atoms with Crippen molar-refractivity contribution in [3.63, 3.8) is 0 Å². The van der Waals surface area contributed by atoms with E-state index in [0.717, 1.165) is 5.69 Å². The van der Waals surface area contributed by atoms with Crippen LogP contribution in [0.1, 0.15) is 29.9 Å². The van der Waals surface area contributed by atoms with Crippen molar-refractivity contribution in [3.05, 3.63) is 46.7 Å². The molecule has 0 spiro atoms. The van der Waals surface area contributed by atoms with Crippen molar-refractivity contribution >= 4 is 23.5 Å². The van der Waals surface area contributed by atoms with Crippen molar-refractivity contribution in [2.75, 3.05) is 13.2 Å². The van der Waals surface area contributed by atoms with E-state index in [1.54, 1.807) is 6.92 Å². The van der Waals surface area contributed by atoms with Crippen LogP contribution < -0.4 is 5.32 Å². The maximum Gasteiger partial charge on any atom is 0.343 e. The van der Waals surface area contributed by atoms with Crippen LogP contribution in [-0.2, 0) is 9.53 Å². The third-order valence-electron chi connectivity index (χ3n) is 3.25. The first-order chi connectivity index (χ1) is 11.4. The molecule has 2 aromatic rings. The molecule has 0 unspecified atom stereocenters. The Bertz CT molecular complexity index is 726. The van der Waals surface area contributed by atoms with Gasteiger partial charge in [0.15, 0.2) is 6.61 Å². The second-order valence-corrected chi connectivity index (χ2v) is 6.13. The van der Waals surface area contributed by atoms with Crippen molar-refractivity contribution in [1.29, 1.82) is 0 Å². The highest BCUT2D eigenvalue weighted by molar-refractivity contribution is 6.33. The zero-order valence-electron chi connectivity index (χ0n) is 13.9. The number of ether oxygens (including phenoxy) is 1. The van der Waals surface area contributed by atoms with E-state index < -0.39 is 5.97 Å². The lowest BCUT2D eigenvalue weighted by atomic mass is 10.2. The van der Waals surface area contributed by atoms with E-state index in [4.69, 9.17) is 16.3 Å². The third-order valence-corrected chi connectivity index (χ3v) is 3.60. The molecule has 0 aliphatic carbocycles. The number of hydrogen-bond acceptors (Lipinski definition) is 4. The highest BCUT2D eigenvalue weighted by Gasteiger charge is 2.23. The lowest BCUT2D eigenvalue weighted by molar-refractivity contribution is -0.124. The highest BCUT2D eigenvalue weighted by Crippen LogP contribution is 2.24. The molecule has 1 heterocycles. The van der Waals surface area contributed by atoms with Crippen LogP contribution >= 0.6 is 11.6 Å². The van der Waals surface area contributed by atoms with Gasteiger partial charge in [-0.05, 0) is 25.0 Å². The van der Waals surface area contributed by atoms with Gasteiger partial charge in [0.2, 0.25) is 0 Å². The second-order valence-electron chi connectivity index (χ2n) is 5.77. The average Bonchev–Trinajstić information content (AvgIpc) is 2.86. The van der Waals surface area contributed by atoms with Crippen LogP contribution in [0.15, 0.2) is 30.3 Å². The number of nitrogens with zero attached hydrogens (tertiary/aromatic N) is 2. The molecule has 1 aromatic carbocycles. The van der Waals surface area contributed by atoms with Gasteiger partial charge in [0.25, 0.3) is 5.91 Å². The van der Waals surface area contributed by atoms with E-state index in [9.17, 15) is 9.59 Å². The summed E-state index contributed by atoms with van der Waals surface area (Å²) in [5, 5.41) is 7.11. The largest absolute Gasteiger partial charge is 0.452 e. The molecule has 0 fully saturated rings. The Balaban J connectivity index is 2.08. The molecule has 128 valence electrons. The number of carbonyl (C=O) groups is 2. The molecule has 24 heavy (non-hydrogen) atoms. The fourth-order valence-electron chi connectivity index (χ4n) is 2.04. The fraction of sp³-hybridized carbons (Fsp3) is 0.353. The quantitative estimate of drug-likeness (QED) is 0.814. The first kappa shape index (κ1) is 18.0. The Morgan fingerprint density at radius 1 is 1.29 bits per heavy atom. The summed E-state index contributed by atoms with van der Waals surface area (Å²) >= 11 is 6.28. The lowest BCUT2D eigenvalue weighted by Gasteiger charge is -2.08. The molecule has 0 aliphatic rings. The molecule has 0 atom stereocenters. The van der Waals surface area contributed by atoms with Crippen LogP contribution in [0.25, 0.3) is 5.69 Å². The van der Waals surface area contributed by atoms with Crippen LogP contribution in [0.4, 0.5) is 0 Å². The predicted molar refractivity (Wildman–Crippen MR) is 91.4 cm³/mol. The van der Waals surface area contributed by atoms with Crippen LogP contribution in [0.5, 0.6) is 0 Å². The van der Waals surface area contributed by atoms with Gasteiger partial charge < -0.3 is 10.1 Å². The highest BCUT2D eigenvalue weighted by atomic mass is 35.5. The number of halogens is 1.